The number of hydrogen-bond acceptors (Lipinski definition) is 3. The van der Waals surface area contributed by atoms with Gasteiger partial charge in [-0.2, -0.15) is 0 Å². The van der Waals surface area contributed by atoms with Gasteiger partial charge < -0.3 is 10.2 Å². The molecule has 1 aromatic rings. The van der Waals surface area contributed by atoms with Gasteiger partial charge in [0.25, 0.3) is 0 Å². The van der Waals surface area contributed by atoms with E-state index >= 15 is 0 Å². The molecule has 0 radical (unpaired) electrons. The third kappa shape index (κ3) is 6.53. The summed E-state index contributed by atoms with van der Waals surface area (Å²) in [6.45, 7) is 8.92. The van der Waals surface area contributed by atoms with Gasteiger partial charge in [0, 0.05) is 22.8 Å². The van der Waals surface area contributed by atoms with Gasteiger partial charge in [0.05, 0.1) is 0 Å². The molecule has 3 heteroatoms. The van der Waals surface area contributed by atoms with Crippen LogP contribution in [0.2, 0.25) is 0 Å². The molecule has 1 aromatic heterocycles. The monoisotopic (exact) mass is 268 g/mol. The van der Waals surface area contributed by atoms with E-state index in [4.69, 9.17) is 0 Å². The molecule has 2 nitrogen and oxygen atoms in total. The van der Waals surface area contributed by atoms with E-state index in [0.717, 1.165) is 19.6 Å². The van der Waals surface area contributed by atoms with Crippen LogP contribution in [-0.4, -0.2) is 25.0 Å². The van der Waals surface area contributed by atoms with Crippen molar-refractivity contribution in [2.75, 3.05) is 20.1 Å². The van der Waals surface area contributed by atoms with E-state index in [1.807, 2.05) is 11.3 Å². The van der Waals surface area contributed by atoms with E-state index in [9.17, 15) is 0 Å². The van der Waals surface area contributed by atoms with Crippen molar-refractivity contribution in [3.63, 3.8) is 0 Å². The van der Waals surface area contributed by atoms with Gasteiger partial charge in [-0.15, -0.1) is 11.3 Å². The normalized spacial score (nSPS) is 11.3. The molecule has 0 aromatic carbocycles. The molecule has 0 aliphatic carbocycles. The third-order valence-corrected chi connectivity index (χ3v) is 4.08. The number of unbranched alkanes of at least 4 members (excludes halogenated alkanes) is 2. The molecule has 1 N–H and O–H groups in total. The highest BCUT2D eigenvalue weighted by Gasteiger charge is 2.03. The molecule has 0 saturated carbocycles. The first kappa shape index (κ1) is 15.7. The van der Waals surface area contributed by atoms with Crippen molar-refractivity contribution in [3.8, 4) is 0 Å². The van der Waals surface area contributed by atoms with Crippen LogP contribution in [0, 0.1) is 0 Å². The molecule has 18 heavy (non-hydrogen) atoms. The minimum Gasteiger partial charge on any atom is -0.312 e. The number of nitrogens with zero attached hydrogens (tertiary/aromatic N) is 1. The highest BCUT2D eigenvalue weighted by Crippen LogP contribution is 2.18. The molecule has 0 amide bonds. The van der Waals surface area contributed by atoms with Crippen LogP contribution < -0.4 is 5.32 Å². The standard InChI is InChI=1S/C15H28N2S/c1-4-6-7-11-17(3)13-15-9-8-14(18-15)12-16-10-5-2/h8-9,16H,4-7,10-13H2,1-3H3. The molecule has 1 rings (SSSR count). The van der Waals surface area contributed by atoms with Gasteiger partial charge in [-0.25, -0.2) is 0 Å². The lowest BCUT2D eigenvalue weighted by Crippen LogP contribution is -2.18. The lowest BCUT2D eigenvalue weighted by molar-refractivity contribution is 0.321. The molecule has 0 fully saturated rings. The Kier molecular flexibility index (Phi) is 8.31. The van der Waals surface area contributed by atoms with Gasteiger partial charge in [-0.1, -0.05) is 26.7 Å². The Morgan fingerprint density at radius 1 is 1.11 bits per heavy atom. The van der Waals surface area contributed by atoms with Crippen LogP contribution in [0.5, 0.6) is 0 Å². The first-order valence-corrected chi connectivity index (χ1v) is 8.04. The quantitative estimate of drug-likeness (QED) is 0.648. The van der Waals surface area contributed by atoms with Crippen LogP contribution in [0.4, 0.5) is 0 Å². The number of hydrogen-bond donors (Lipinski definition) is 1. The van der Waals surface area contributed by atoms with Gasteiger partial charge in [0.1, 0.15) is 0 Å². The predicted molar refractivity (Wildman–Crippen MR) is 82.2 cm³/mol. The van der Waals surface area contributed by atoms with Crippen LogP contribution in [0.1, 0.15) is 49.3 Å². The maximum absolute atomic E-state index is 3.46. The van der Waals surface area contributed by atoms with Gasteiger partial charge in [0.2, 0.25) is 0 Å². The van der Waals surface area contributed by atoms with Crippen molar-refractivity contribution in [2.45, 2.75) is 52.6 Å². The summed E-state index contributed by atoms with van der Waals surface area (Å²) in [5.74, 6) is 0. The fraction of sp³-hybridized carbons (Fsp3) is 0.733. The molecular weight excluding hydrogens is 240 g/mol. The molecule has 0 aliphatic heterocycles. The zero-order valence-electron chi connectivity index (χ0n) is 12.2. The Morgan fingerprint density at radius 3 is 2.61 bits per heavy atom. The maximum Gasteiger partial charge on any atom is 0.0324 e. The van der Waals surface area contributed by atoms with Crippen molar-refractivity contribution >= 4 is 11.3 Å². The fourth-order valence-electron chi connectivity index (χ4n) is 1.97. The molecule has 1 heterocycles. The largest absolute Gasteiger partial charge is 0.312 e. The highest BCUT2D eigenvalue weighted by molar-refractivity contribution is 7.11. The first-order valence-electron chi connectivity index (χ1n) is 7.23. The Bertz CT molecular complexity index is 309. The average molecular weight is 268 g/mol. The lowest BCUT2D eigenvalue weighted by Gasteiger charge is -2.14. The summed E-state index contributed by atoms with van der Waals surface area (Å²) < 4.78 is 0. The van der Waals surface area contributed by atoms with Gasteiger partial charge in [0.15, 0.2) is 0 Å². The minimum absolute atomic E-state index is 1.03. The van der Waals surface area contributed by atoms with Crippen molar-refractivity contribution in [1.82, 2.24) is 10.2 Å². The molecule has 104 valence electrons. The van der Waals surface area contributed by atoms with E-state index < -0.39 is 0 Å². The molecule has 0 spiro atoms. The van der Waals surface area contributed by atoms with E-state index in [0.29, 0.717) is 0 Å². The summed E-state index contributed by atoms with van der Waals surface area (Å²) in [4.78, 5) is 5.38. The Morgan fingerprint density at radius 2 is 1.89 bits per heavy atom. The maximum atomic E-state index is 3.46. The van der Waals surface area contributed by atoms with Crippen molar-refractivity contribution in [3.05, 3.63) is 21.9 Å². The van der Waals surface area contributed by atoms with Crippen molar-refractivity contribution in [2.24, 2.45) is 0 Å². The Balaban J connectivity index is 2.25. The van der Waals surface area contributed by atoms with Crippen LogP contribution in [0.15, 0.2) is 12.1 Å². The van der Waals surface area contributed by atoms with E-state index in [1.165, 1.54) is 42.0 Å². The average Bonchev–Trinajstić information content (AvgIpc) is 2.77. The number of nitrogens with one attached hydrogen (secondary N) is 1. The zero-order valence-corrected chi connectivity index (χ0v) is 13.0. The van der Waals surface area contributed by atoms with E-state index in [-0.39, 0.29) is 0 Å². The smallest absolute Gasteiger partial charge is 0.0324 e. The highest BCUT2D eigenvalue weighted by atomic mass is 32.1. The van der Waals surface area contributed by atoms with Crippen LogP contribution in [-0.2, 0) is 13.1 Å². The van der Waals surface area contributed by atoms with Gasteiger partial charge >= 0.3 is 0 Å². The summed E-state index contributed by atoms with van der Waals surface area (Å²) in [5, 5.41) is 3.46. The molecule has 0 unspecified atom stereocenters. The second-order valence-electron chi connectivity index (χ2n) is 4.99. The number of thiophene rings is 1. The van der Waals surface area contributed by atoms with Crippen LogP contribution >= 0.6 is 11.3 Å². The SMILES string of the molecule is CCCCCN(C)Cc1ccc(CNCCC)s1. The Hall–Kier alpha value is -0.380. The summed E-state index contributed by atoms with van der Waals surface area (Å²) in [6, 6.07) is 4.55. The van der Waals surface area contributed by atoms with Crippen LogP contribution in [0.25, 0.3) is 0 Å². The molecular formula is C15H28N2S. The second kappa shape index (κ2) is 9.54. The summed E-state index contributed by atoms with van der Waals surface area (Å²) in [5.41, 5.74) is 0. The third-order valence-electron chi connectivity index (χ3n) is 3.01. The predicted octanol–water partition coefficient (Wildman–Crippen LogP) is 3.87. The zero-order chi connectivity index (χ0) is 13.2. The topological polar surface area (TPSA) is 15.3 Å². The van der Waals surface area contributed by atoms with E-state index in [2.05, 4.69) is 43.2 Å². The Labute approximate surface area is 116 Å². The second-order valence-corrected chi connectivity index (χ2v) is 6.24. The molecule has 0 saturated heterocycles. The van der Waals surface area contributed by atoms with Gasteiger partial charge in [-0.05, 0) is 45.1 Å². The first-order chi connectivity index (χ1) is 8.76. The number of rotatable bonds is 10. The summed E-state index contributed by atoms with van der Waals surface area (Å²) in [7, 11) is 2.23. The lowest BCUT2D eigenvalue weighted by atomic mass is 10.2. The molecule has 0 bridgehead atoms. The molecule has 0 aliphatic rings. The van der Waals surface area contributed by atoms with Crippen molar-refractivity contribution in [1.29, 1.82) is 0 Å². The minimum atomic E-state index is 1.03. The summed E-state index contributed by atoms with van der Waals surface area (Å²) >= 11 is 1.95. The molecule has 0 atom stereocenters. The van der Waals surface area contributed by atoms with E-state index in [1.54, 1.807) is 0 Å². The van der Waals surface area contributed by atoms with Crippen LogP contribution in [0.3, 0.4) is 0 Å². The van der Waals surface area contributed by atoms with Crippen molar-refractivity contribution < 1.29 is 0 Å². The fourth-order valence-corrected chi connectivity index (χ4v) is 3.04. The summed E-state index contributed by atoms with van der Waals surface area (Å²) in [6.07, 6.45) is 5.18. The van der Waals surface area contributed by atoms with Gasteiger partial charge in [-0.3, -0.25) is 0 Å².